The van der Waals surface area contributed by atoms with E-state index in [0.717, 1.165) is 11.3 Å². The van der Waals surface area contributed by atoms with Crippen molar-refractivity contribution in [2.45, 2.75) is 25.5 Å². The molecule has 0 bridgehead atoms. The Morgan fingerprint density at radius 1 is 1.13 bits per heavy atom. The summed E-state index contributed by atoms with van der Waals surface area (Å²) in [4.78, 5) is 16.5. The van der Waals surface area contributed by atoms with Crippen LogP contribution < -0.4 is 5.32 Å². The standard InChI is InChI=1S/C22H21N5O2S/c1-15-7-8-18(11-16(15)2)27-21(17-5-3-9-23-12-17)25-26-22(27)30-14-20(28)24-13-19-6-4-10-29-19/h3-12H,13-14H2,1-2H3,(H,24,28). The van der Waals surface area contributed by atoms with Crippen LogP contribution in [0.25, 0.3) is 17.1 Å². The number of hydrogen-bond donors (Lipinski definition) is 1. The highest BCUT2D eigenvalue weighted by atomic mass is 32.2. The van der Waals surface area contributed by atoms with Crippen molar-refractivity contribution in [1.82, 2.24) is 25.1 Å². The van der Waals surface area contributed by atoms with E-state index in [9.17, 15) is 4.79 Å². The summed E-state index contributed by atoms with van der Waals surface area (Å²) in [5.41, 5.74) is 4.18. The molecule has 1 N–H and O–H groups in total. The third kappa shape index (κ3) is 4.44. The first-order valence-corrected chi connectivity index (χ1v) is 10.5. The topological polar surface area (TPSA) is 85.8 Å². The maximum atomic E-state index is 12.3. The van der Waals surface area contributed by atoms with Crippen LogP contribution in [0.1, 0.15) is 16.9 Å². The summed E-state index contributed by atoms with van der Waals surface area (Å²) in [7, 11) is 0. The predicted octanol–water partition coefficient (Wildman–Crippen LogP) is 3.95. The minimum atomic E-state index is -0.103. The van der Waals surface area contributed by atoms with Crippen molar-refractivity contribution in [3.63, 3.8) is 0 Å². The maximum absolute atomic E-state index is 12.3. The van der Waals surface area contributed by atoms with Crippen LogP contribution in [0.4, 0.5) is 0 Å². The van der Waals surface area contributed by atoms with E-state index in [1.54, 1.807) is 24.7 Å². The summed E-state index contributed by atoms with van der Waals surface area (Å²) in [5.74, 6) is 1.51. The van der Waals surface area contributed by atoms with Gasteiger partial charge in [0.25, 0.3) is 0 Å². The molecule has 0 fully saturated rings. The van der Waals surface area contributed by atoms with Gasteiger partial charge in [0.05, 0.1) is 24.2 Å². The molecule has 4 aromatic rings. The number of nitrogens with one attached hydrogen (secondary N) is 1. The number of furan rings is 1. The van der Waals surface area contributed by atoms with Crippen LogP contribution in [0.5, 0.6) is 0 Å². The fraction of sp³-hybridized carbons (Fsp3) is 0.182. The lowest BCUT2D eigenvalue weighted by atomic mass is 10.1. The number of rotatable bonds is 7. The van der Waals surface area contributed by atoms with Gasteiger partial charge in [-0.2, -0.15) is 0 Å². The normalized spacial score (nSPS) is 10.9. The first-order valence-electron chi connectivity index (χ1n) is 9.47. The van der Waals surface area contributed by atoms with Gasteiger partial charge in [-0.1, -0.05) is 17.8 Å². The second kappa shape index (κ2) is 8.96. The summed E-state index contributed by atoms with van der Waals surface area (Å²) < 4.78 is 7.21. The van der Waals surface area contributed by atoms with Crippen molar-refractivity contribution >= 4 is 17.7 Å². The fourth-order valence-electron chi connectivity index (χ4n) is 2.92. The van der Waals surface area contributed by atoms with Crippen molar-refractivity contribution in [1.29, 1.82) is 0 Å². The molecule has 1 amide bonds. The van der Waals surface area contributed by atoms with E-state index in [1.165, 1.54) is 22.9 Å². The number of benzene rings is 1. The molecule has 0 aliphatic carbocycles. The van der Waals surface area contributed by atoms with Gasteiger partial charge in [-0.25, -0.2) is 0 Å². The lowest BCUT2D eigenvalue weighted by molar-refractivity contribution is -0.118. The molecule has 1 aromatic carbocycles. The summed E-state index contributed by atoms with van der Waals surface area (Å²) in [6, 6.07) is 13.6. The van der Waals surface area contributed by atoms with E-state index >= 15 is 0 Å². The second-order valence-electron chi connectivity index (χ2n) is 6.80. The van der Waals surface area contributed by atoms with Gasteiger partial charge in [0, 0.05) is 18.0 Å². The largest absolute Gasteiger partial charge is 0.467 e. The SMILES string of the molecule is Cc1ccc(-n2c(SCC(=O)NCc3ccco3)nnc2-c2cccnc2)cc1C. The predicted molar refractivity (Wildman–Crippen MR) is 115 cm³/mol. The molecule has 3 aromatic heterocycles. The van der Waals surface area contributed by atoms with Gasteiger partial charge in [0.1, 0.15) is 5.76 Å². The smallest absolute Gasteiger partial charge is 0.230 e. The quantitative estimate of drug-likeness (QED) is 0.457. The minimum Gasteiger partial charge on any atom is -0.467 e. The highest BCUT2D eigenvalue weighted by Gasteiger charge is 2.18. The molecule has 152 valence electrons. The molecule has 0 atom stereocenters. The van der Waals surface area contributed by atoms with Crippen LogP contribution in [-0.4, -0.2) is 31.4 Å². The van der Waals surface area contributed by atoms with E-state index in [4.69, 9.17) is 4.42 Å². The van der Waals surface area contributed by atoms with E-state index in [2.05, 4.69) is 46.5 Å². The number of pyridine rings is 1. The number of hydrogen-bond acceptors (Lipinski definition) is 6. The molecule has 3 heterocycles. The molecular weight excluding hydrogens is 398 g/mol. The van der Waals surface area contributed by atoms with Crippen molar-refractivity contribution in [2.24, 2.45) is 0 Å². The first-order chi connectivity index (χ1) is 14.6. The Balaban J connectivity index is 1.58. The lowest BCUT2D eigenvalue weighted by Crippen LogP contribution is -2.24. The molecule has 0 aliphatic heterocycles. The highest BCUT2D eigenvalue weighted by molar-refractivity contribution is 7.99. The summed E-state index contributed by atoms with van der Waals surface area (Å²) in [5, 5.41) is 12.2. The van der Waals surface area contributed by atoms with Crippen molar-refractivity contribution in [3.05, 3.63) is 78.0 Å². The molecule has 4 rings (SSSR count). The molecule has 30 heavy (non-hydrogen) atoms. The van der Waals surface area contributed by atoms with Crippen molar-refractivity contribution < 1.29 is 9.21 Å². The zero-order valence-corrected chi connectivity index (χ0v) is 17.5. The number of thioether (sulfide) groups is 1. The van der Waals surface area contributed by atoms with Crippen LogP contribution in [-0.2, 0) is 11.3 Å². The summed E-state index contributed by atoms with van der Waals surface area (Å²) in [6.45, 7) is 4.51. The molecular formula is C22H21N5O2S. The van der Waals surface area contributed by atoms with E-state index < -0.39 is 0 Å². The molecule has 0 aliphatic rings. The molecule has 7 nitrogen and oxygen atoms in total. The molecule has 8 heteroatoms. The molecule has 0 saturated heterocycles. The average molecular weight is 420 g/mol. The Morgan fingerprint density at radius 3 is 2.77 bits per heavy atom. The minimum absolute atomic E-state index is 0.103. The Hall–Kier alpha value is -3.39. The van der Waals surface area contributed by atoms with Gasteiger partial charge in [0.15, 0.2) is 11.0 Å². The van der Waals surface area contributed by atoms with E-state index in [-0.39, 0.29) is 11.7 Å². The number of carbonyl (C=O) groups excluding carboxylic acids is 1. The van der Waals surface area contributed by atoms with Gasteiger partial charge in [0.2, 0.25) is 5.91 Å². The van der Waals surface area contributed by atoms with Crippen LogP contribution in [0.3, 0.4) is 0 Å². The number of aryl methyl sites for hydroxylation is 2. The van der Waals surface area contributed by atoms with Gasteiger partial charge < -0.3 is 9.73 Å². The Morgan fingerprint density at radius 2 is 2.03 bits per heavy atom. The Kier molecular flexibility index (Phi) is 5.94. The zero-order valence-electron chi connectivity index (χ0n) is 16.7. The Labute approximate surface area is 178 Å². The number of amides is 1. The molecule has 0 spiro atoms. The monoisotopic (exact) mass is 419 g/mol. The second-order valence-corrected chi connectivity index (χ2v) is 7.74. The van der Waals surface area contributed by atoms with E-state index in [1.807, 2.05) is 28.8 Å². The van der Waals surface area contributed by atoms with Crippen molar-refractivity contribution in [2.75, 3.05) is 5.75 Å². The van der Waals surface area contributed by atoms with Gasteiger partial charge >= 0.3 is 0 Å². The van der Waals surface area contributed by atoms with Gasteiger partial charge in [-0.15, -0.1) is 10.2 Å². The van der Waals surface area contributed by atoms with Crippen LogP contribution in [0, 0.1) is 13.8 Å². The number of nitrogens with zero attached hydrogens (tertiary/aromatic N) is 4. The Bertz CT molecular complexity index is 1140. The molecule has 0 saturated carbocycles. The summed E-state index contributed by atoms with van der Waals surface area (Å²) in [6.07, 6.45) is 5.06. The maximum Gasteiger partial charge on any atom is 0.230 e. The first kappa shape index (κ1) is 19.9. The number of aromatic nitrogens is 4. The van der Waals surface area contributed by atoms with Crippen LogP contribution in [0.2, 0.25) is 0 Å². The third-order valence-electron chi connectivity index (χ3n) is 4.67. The van der Waals surface area contributed by atoms with Crippen LogP contribution >= 0.6 is 11.8 Å². The lowest BCUT2D eigenvalue weighted by Gasteiger charge is -2.12. The molecule has 0 unspecified atom stereocenters. The fourth-order valence-corrected chi connectivity index (χ4v) is 3.70. The molecule has 0 radical (unpaired) electrons. The van der Waals surface area contributed by atoms with Gasteiger partial charge in [-0.05, 0) is 61.4 Å². The van der Waals surface area contributed by atoms with Gasteiger partial charge in [-0.3, -0.25) is 14.3 Å². The number of carbonyl (C=O) groups is 1. The zero-order chi connectivity index (χ0) is 20.9. The average Bonchev–Trinajstić information content (AvgIpc) is 3.43. The highest BCUT2D eigenvalue weighted by Crippen LogP contribution is 2.28. The van der Waals surface area contributed by atoms with E-state index in [0.29, 0.717) is 23.3 Å². The van der Waals surface area contributed by atoms with Crippen LogP contribution in [0.15, 0.2) is 70.7 Å². The third-order valence-corrected chi connectivity index (χ3v) is 5.60. The summed E-state index contributed by atoms with van der Waals surface area (Å²) >= 11 is 1.34. The van der Waals surface area contributed by atoms with Crippen molar-refractivity contribution in [3.8, 4) is 17.1 Å².